The Morgan fingerprint density at radius 1 is 1.16 bits per heavy atom. The summed E-state index contributed by atoms with van der Waals surface area (Å²) in [6.07, 6.45) is 4.58. The fraction of sp³-hybridized carbons (Fsp3) is 0.478. The summed E-state index contributed by atoms with van der Waals surface area (Å²) in [5.74, 6) is 3.85. The minimum Gasteiger partial charge on any atom is -0.482 e. The maximum absolute atomic E-state index is 6.20. The standard InChI is InChI=1S/C23H28ClN7O/c1-15-12-21(26-14-25-15)30-11-9-17(13-30)16(2)27-23-28-22-20(4-3-10-31(22)29-23)32-19-7-5-18(24)6-8-19/h5-8,12,14,16-17,20H,3-4,9-11,13H2,1-2H3,(H,27,29)/t16?,17?,20-/m1/s1. The van der Waals surface area contributed by atoms with Gasteiger partial charge in [0.1, 0.15) is 17.9 Å². The first kappa shape index (κ1) is 21.0. The molecule has 1 fully saturated rings. The number of hydrogen-bond donors (Lipinski definition) is 1. The fourth-order valence-electron chi connectivity index (χ4n) is 4.50. The molecule has 8 nitrogen and oxygen atoms in total. The minimum atomic E-state index is -0.105. The Hall–Kier alpha value is -2.87. The maximum atomic E-state index is 6.20. The molecule has 0 bridgehead atoms. The summed E-state index contributed by atoms with van der Waals surface area (Å²) < 4.78 is 8.18. The zero-order valence-electron chi connectivity index (χ0n) is 18.4. The molecule has 32 heavy (non-hydrogen) atoms. The highest BCUT2D eigenvalue weighted by atomic mass is 35.5. The zero-order valence-corrected chi connectivity index (χ0v) is 19.2. The van der Waals surface area contributed by atoms with Gasteiger partial charge in [-0.2, -0.15) is 4.98 Å². The number of nitrogens with one attached hydrogen (secondary N) is 1. The van der Waals surface area contributed by atoms with Crippen molar-refractivity contribution in [1.82, 2.24) is 24.7 Å². The molecule has 1 saturated heterocycles. The monoisotopic (exact) mass is 453 g/mol. The van der Waals surface area contributed by atoms with Gasteiger partial charge >= 0.3 is 0 Å². The van der Waals surface area contributed by atoms with Crippen LogP contribution >= 0.6 is 11.6 Å². The van der Waals surface area contributed by atoms with Crippen molar-refractivity contribution in [1.29, 1.82) is 0 Å². The topological polar surface area (TPSA) is 81.0 Å². The van der Waals surface area contributed by atoms with Gasteiger partial charge in [0.2, 0.25) is 5.95 Å². The van der Waals surface area contributed by atoms with Crippen LogP contribution in [-0.2, 0) is 6.54 Å². The Kier molecular flexibility index (Phi) is 5.87. The van der Waals surface area contributed by atoms with Gasteiger partial charge in [0, 0.05) is 42.5 Å². The molecule has 5 rings (SSSR count). The number of nitrogens with zero attached hydrogens (tertiary/aromatic N) is 6. The van der Waals surface area contributed by atoms with Crippen LogP contribution in [0.4, 0.5) is 11.8 Å². The van der Waals surface area contributed by atoms with Gasteiger partial charge in [-0.05, 0) is 63.3 Å². The van der Waals surface area contributed by atoms with Gasteiger partial charge in [-0.15, -0.1) is 5.10 Å². The highest BCUT2D eigenvalue weighted by Gasteiger charge is 2.30. The normalized spacial score (nSPS) is 21.3. The van der Waals surface area contributed by atoms with Gasteiger partial charge in [-0.25, -0.2) is 14.6 Å². The van der Waals surface area contributed by atoms with E-state index in [4.69, 9.17) is 26.4 Å². The molecular weight excluding hydrogens is 426 g/mol. The van der Waals surface area contributed by atoms with E-state index >= 15 is 0 Å². The van der Waals surface area contributed by atoms with Crippen molar-refractivity contribution in [3.8, 4) is 5.75 Å². The number of anilines is 2. The average molecular weight is 454 g/mol. The van der Waals surface area contributed by atoms with Crippen molar-refractivity contribution < 1.29 is 4.74 Å². The third-order valence-electron chi connectivity index (χ3n) is 6.32. The van der Waals surface area contributed by atoms with Crippen molar-refractivity contribution in [2.75, 3.05) is 23.3 Å². The molecule has 0 aliphatic carbocycles. The Morgan fingerprint density at radius 2 is 2.00 bits per heavy atom. The SMILES string of the molecule is Cc1cc(N2CCC(C(C)Nc3nc4n(n3)CCC[C@H]4Oc3ccc(Cl)cc3)C2)ncn1. The fourth-order valence-corrected chi connectivity index (χ4v) is 4.63. The van der Waals surface area contributed by atoms with Crippen molar-refractivity contribution in [3.63, 3.8) is 0 Å². The third kappa shape index (κ3) is 4.50. The first-order chi connectivity index (χ1) is 15.5. The number of aryl methyl sites for hydroxylation is 2. The highest BCUT2D eigenvalue weighted by Crippen LogP contribution is 2.31. The predicted molar refractivity (Wildman–Crippen MR) is 124 cm³/mol. The van der Waals surface area contributed by atoms with Crippen molar-refractivity contribution >= 4 is 23.4 Å². The summed E-state index contributed by atoms with van der Waals surface area (Å²) in [6, 6.07) is 9.77. The lowest BCUT2D eigenvalue weighted by molar-refractivity contribution is 0.155. The lowest BCUT2D eigenvalue weighted by atomic mass is 10.0. The molecule has 0 radical (unpaired) electrons. The number of rotatable bonds is 6. The Morgan fingerprint density at radius 3 is 2.81 bits per heavy atom. The summed E-state index contributed by atoms with van der Waals surface area (Å²) in [6.45, 7) is 7.03. The van der Waals surface area contributed by atoms with Crippen LogP contribution in [0, 0.1) is 12.8 Å². The first-order valence-electron chi connectivity index (χ1n) is 11.2. The molecule has 168 valence electrons. The number of ether oxygens (including phenoxy) is 1. The minimum absolute atomic E-state index is 0.105. The van der Waals surface area contributed by atoms with Crippen LogP contribution in [0.15, 0.2) is 36.7 Å². The summed E-state index contributed by atoms with van der Waals surface area (Å²) in [4.78, 5) is 15.8. The molecule has 9 heteroatoms. The summed E-state index contributed by atoms with van der Waals surface area (Å²) >= 11 is 5.99. The van der Waals surface area contributed by atoms with Crippen LogP contribution in [0.5, 0.6) is 5.75 Å². The maximum Gasteiger partial charge on any atom is 0.242 e. The summed E-state index contributed by atoms with van der Waals surface area (Å²) in [5.41, 5.74) is 0.993. The van der Waals surface area contributed by atoms with E-state index in [0.717, 1.165) is 62.0 Å². The molecule has 0 saturated carbocycles. The molecule has 2 aliphatic rings. The number of fused-ring (bicyclic) bond motifs is 1. The van der Waals surface area contributed by atoms with E-state index in [1.807, 2.05) is 41.9 Å². The van der Waals surface area contributed by atoms with E-state index in [2.05, 4.69) is 27.1 Å². The van der Waals surface area contributed by atoms with E-state index in [1.54, 1.807) is 6.33 Å². The molecule has 1 aromatic carbocycles. The van der Waals surface area contributed by atoms with Crippen LogP contribution < -0.4 is 15.0 Å². The second-order valence-electron chi connectivity index (χ2n) is 8.66. The molecule has 2 aromatic heterocycles. The number of halogens is 1. The number of aromatic nitrogens is 5. The van der Waals surface area contributed by atoms with Gasteiger partial charge in [0.25, 0.3) is 0 Å². The lowest BCUT2D eigenvalue weighted by Gasteiger charge is -2.23. The second kappa shape index (κ2) is 8.94. The quantitative estimate of drug-likeness (QED) is 0.596. The van der Waals surface area contributed by atoms with Gasteiger partial charge in [0.15, 0.2) is 11.9 Å². The van der Waals surface area contributed by atoms with Gasteiger partial charge in [0.05, 0.1) is 0 Å². The Labute approximate surface area is 193 Å². The largest absolute Gasteiger partial charge is 0.482 e. The third-order valence-corrected chi connectivity index (χ3v) is 6.57. The van der Waals surface area contributed by atoms with Crippen LogP contribution in [0.2, 0.25) is 5.02 Å². The molecular formula is C23H28ClN7O. The molecule has 3 aromatic rings. The van der Waals surface area contributed by atoms with Crippen LogP contribution in [0.3, 0.4) is 0 Å². The Bertz CT molecular complexity index is 1070. The summed E-state index contributed by atoms with van der Waals surface area (Å²) in [5, 5.41) is 8.96. The van der Waals surface area contributed by atoms with Crippen LogP contribution in [-0.4, -0.2) is 43.9 Å². The zero-order chi connectivity index (χ0) is 22.1. The van der Waals surface area contributed by atoms with E-state index in [-0.39, 0.29) is 12.1 Å². The van der Waals surface area contributed by atoms with Crippen LogP contribution in [0.1, 0.15) is 43.8 Å². The van der Waals surface area contributed by atoms with E-state index in [1.165, 1.54) is 0 Å². The highest BCUT2D eigenvalue weighted by molar-refractivity contribution is 6.30. The van der Waals surface area contributed by atoms with Crippen molar-refractivity contribution in [2.45, 2.75) is 51.8 Å². The molecule has 4 heterocycles. The Balaban J connectivity index is 1.23. The molecule has 2 unspecified atom stereocenters. The van der Waals surface area contributed by atoms with Gasteiger partial charge in [-0.1, -0.05) is 11.6 Å². The van der Waals surface area contributed by atoms with Crippen molar-refractivity contribution in [2.24, 2.45) is 5.92 Å². The van der Waals surface area contributed by atoms with E-state index in [9.17, 15) is 0 Å². The number of hydrogen-bond acceptors (Lipinski definition) is 7. The van der Waals surface area contributed by atoms with E-state index < -0.39 is 0 Å². The van der Waals surface area contributed by atoms with E-state index in [0.29, 0.717) is 16.9 Å². The summed E-state index contributed by atoms with van der Waals surface area (Å²) in [7, 11) is 0. The molecule has 2 aliphatic heterocycles. The molecule has 3 atom stereocenters. The molecule has 1 N–H and O–H groups in total. The van der Waals surface area contributed by atoms with Crippen LogP contribution in [0.25, 0.3) is 0 Å². The smallest absolute Gasteiger partial charge is 0.242 e. The number of benzene rings is 1. The molecule has 0 amide bonds. The van der Waals surface area contributed by atoms with Crippen molar-refractivity contribution in [3.05, 3.63) is 53.2 Å². The second-order valence-corrected chi connectivity index (χ2v) is 9.10. The molecule has 0 spiro atoms. The average Bonchev–Trinajstić information content (AvgIpc) is 3.43. The lowest BCUT2D eigenvalue weighted by Crippen LogP contribution is -2.30. The first-order valence-corrected chi connectivity index (χ1v) is 11.6. The van der Waals surface area contributed by atoms with Gasteiger partial charge < -0.3 is 15.0 Å². The predicted octanol–water partition coefficient (Wildman–Crippen LogP) is 4.27. The van der Waals surface area contributed by atoms with Gasteiger partial charge in [-0.3, -0.25) is 0 Å².